The number of carbonyl (C=O) groups excluding carboxylic acids is 3. The van der Waals surface area contributed by atoms with Crippen LogP contribution in [0.3, 0.4) is 0 Å². The zero-order chi connectivity index (χ0) is 42.7. The molecule has 0 aromatic rings. The van der Waals surface area contributed by atoms with Gasteiger partial charge in [-0.1, -0.05) is 101 Å². The number of carbonyl (C=O) groups is 3. The van der Waals surface area contributed by atoms with Crippen LogP contribution in [0.4, 0.5) is 0 Å². The molecule has 1 fully saturated rings. The third-order valence-corrected chi connectivity index (χ3v) is 10.4. The zero-order valence-electron chi connectivity index (χ0n) is 38.0. The number of hydrogen-bond donors (Lipinski definition) is 0. The van der Waals surface area contributed by atoms with Crippen molar-refractivity contribution in [3.05, 3.63) is 48.6 Å². The van der Waals surface area contributed by atoms with E-state index in [9.17, 15) is 14.4 Å². The summed E-state index contributed by atoms with van der Waals surface area (Å²) in [5.74, 6) is -1.38. The van der Waals surface area contributed by atoms with Gasteiger partial charge in [-0.15, -0.1) is 0 Å². The van der Waals surface area contributed by atoms with Crippen molar-refractivity contribution in [3.8, 4) is 0 Å². The van der Waals surface area contributed by atoms with E-state index in [1.807, 2.05) is 0 Å². The van der Waals surface area contributed by atoms with Crippen molar-refractivity contribution in [1.29, 1.82) is 0 Å². The fourth-order valence-corrected chi connectivity index (χ4v) is 6.70. The van der Waals surface area contributed by atoms with Gasteiger partial charge in [-0.25, -0.2) is 0 Å². The topological polar surface area (TPSA) is 101 Å². The Balaban J connectivity index is 2.50. The summed E-state index contributed by atoms with van der Waals surface area (Å²) >= 11 is 0. The average molecular weight is 830 g/mol. The van der Waals surface area contributed by atoms with Gasteiger partial charge in [0.2, 0.25) is 0 Å². The molecule has 1 heterocycles. The lowest BCUT2D eigenvalue weighted by Crippen LogP contribution is -2.27. The summed E-state index contributed by atoms with van der Waals surface area (Å²) < 4.78 is 29.0. The smallest absolute Gasteiger partial charge is 0.305 e. The second-order valence-corrected chi connectivity index (χ2v) is 16.0. The Bertz CT molecular complexity index is 1090. The summed E-state index contributed by atoms with van der Waals surface area (Å²) in [6.45, 7) is 10.8. The van der Waals surface area contributed by atoms with Crippen molar-refractivity contribution in [1.82, 2.24) is 4.90 Å². The third kappa shape index (κ3) is 36.8. The standard InChI is InChI=1S/C50H87NO8/c1-4-7-10-13-16-17-18-19-20-21-22-23-24-25-28-34-47(52)57-43-46(44-58-48(53)35-33-40-51-38-29-30-39-51)45-59-49(54)36-37-50(55-41-31-26-14-11-8-5-2)56-42-32-27-15-12-9-6-3/h8-9,11-12,16-17,19-20,46,50H,4-7,10,13-15,18,21-45H2,1-3H3/b11-8-,12-9-,17-16-,20-19-. The van der Waals surface area contributed by atoms with E-state index in [2.05, 4.69) is 74.3 Å². The molecule has 0 aliphatic carbocycles. The molecule has 9 nitrogen and oxygen atoms in total. The van der Waals surface area contributed by atoms with Gasteiger partial charge in [0, 0.05) is 32.5 Å². The van der Waals surface area contributed by atoms with E-state index in [4.69, 9.17) is 23.7 Å². The van der Waals surface area contributed by atoms with Gasteiger partial charge in [-0.3, -0.25) is 14.4 Å². The highest BCUT2D eigenvalue weighted by molar-refractivity contribution is 5.70. The maximum Gasteiger partial charge on any atom is 0.305 e. The molecule has 1 rings (SSSR count). The fourth-order valence-electron chi connectivity index (χ4n) is 6.70. The van der Waals surface area contributed by atoms with Crippen molar-refractivity contribution in [2.24, 2.45) is 5.92 Å². The first-order valence-corrected chi connectivity index (χ1v) is 24.0. The summed E-state index contributed by atoms with van der Waals surface area (Å²) in [4.78, 5) is 40.6. The first-order chi connectivity index (χ1) is 29.0. The molecular weight excluding hydrogens is 743 g/mol. The van der Waals surface area contributed by atoms with Gasteiger partial charge in [-0.2, -0.15) is 0 Å². The maximum atomic E-state index is 12.9. The molecule has 59 heavy (non-hydrogen) atoms. The van der Waals surface area contributed by atoms with Gasteiger partial charge in [0.15, 0.2) is 6.29 Å². The van der Waals surface area contributed by atoms with E-state index in [0.717, 1.165) is 122 Å². The number of esters is 3. The Kier molecular flexibility index (Phi) is 38.6. The predicted octanol–water partition coefficient (Wildman–Crippen LogP) is 12.3. The van der Waals surface area contributed by atoms with Crippen LogP contribution in [-0.2, 0) is 38.1 Å². The number of nitrogens with zero attached hydrogens (tertiary/aromatic N) is 1. The molecular formula is C50H87NO8. The molecule has 1 unspecified atom stereocenters. The molecule has 1 atom stereocenters. The van der Waals surface area contributed by atoms with Crippen LogP contribution in [0.15, 0.2) is 48.6 Å². The molecule has 0 spiro atoms. The summed E-state index contributed by atoms with van der Waals surface area (Å²) in [5, 5.41) is 0. The highest BCUT2D eigenvalue weighted by atomic mass is 16.7. The van der Waals surface area contributed by atoms with Crippen molar-refractivity contribution in [2.75, 3.05) is 52.7 Å². The molecule has 0 amide bonds. The van der Waals surface area contributed by atoms with Crippen molar-refractivity contribution in [2.45, 2.75) is 194 Å². The molecule has 1 aliphatic rings. The predicted molar refractivity (Wildman–Crippen MR) is 242 cm³/mol. The van der Waals surface area contributed by atoms with Crippen LogP contribution < -0.4 is 0 Å². The highest BCUT2D eigenvalue weighted by Crippen LogP contribution is 2.14. The van der Waals surface area contributed by atoms with Gasteiger partial charge in [-0.05, 0) is 129 Å². The Morgan fingerprint density at radius 3 is 1.51 bits per heavy atom. The van der Waals surface area contributed by atoms with Crippen LogP contribution in [0.25, 0.3) is 0 Å². The lowest BCUT2D eigenvalue weighted by Gasteiger charge is -2.20. The van der Waals surface area contributed by atoms with E-state index in [1.165, 1.54) is 38.5 Å². The Labute approximate surface area is 361 Å². The molecule has 0 saturated carbocycles. The Morgan fingerprint density at radius 1 is 0.508 bits per heavy atom. The molecule has 0 N–H and O–H groups in total. The average Bonchev–Trinajstić information content (AvgIpc) is 3.76. The maximum absolute atomic E-state index is 12.9. The third-order valence-electron chi connectivity index (χ3n) is 10.4. The largest absolute Gasteiger partial charge is 0.465 e. The van der Waals surface area contributed by atoms with Gasteiger partial charge in [0.25, 0.3) is 0 Å². The van der Waals surface area contributed by atoms with Gasteiger partial charge in [0.05, 0.1) is 12.3 Å². The van der Waals surface area contributed by atoms with E-state index in [0.29, 0.717) is 32.5 Å². The summed E-state index contributed by atoms with van der Waals surface area (Å²) in [6, 6.07) is 0. The van der Waals surface area contributed by atoms with Crippen molar-refractivity contribution in [3.63, 3.8) is 0 Å². The molecule has 0 aromatic carbocycles. The Hall–Kier alpha value is -2.75. The number of rotatable bonds is 41. The number of unbranched alkanes of at least 4 members (excludes halogenated alkanes) is 12. The van der Waals surface area contributed by atoms with Gasteiger partial charge in [0.1, 0.15) is 19.8 Å². The van der Waals surface area contributed by atoms with E-state index in [-0.39, 0.29) is 44.1 Å². The minimum atomic E-state index is -0.479. The molecule has 0 bridgehead atoms. The number of likely N-dealkylation sites (tertiary alicyclic amines) is 1. The quantitative estimate of drug-likeness (QED) is 0.0196. The molecule has 0 radical (unpaired) electrons. The fraction of sp³-hybridized carbons (Fsp3) is 0.780. The molecule has 1 saturated heterocycles. The number of hydrogen-bond acceptors (Lipinski definition) is 9. The van der Waals surface area contributed by atoms with Crippen molar-refractivity contribution >= 4 is 17.9 Å². The van der Waals surface area contributed by atoms with Crippen LogP contribution in [-0.4, -0.2) is 81.8 Å². The summed E-state index contributed by atoms with van der Waals surface area (Å²) in [7, 11) is 0. The van der Waals surface area contributed by atoms with Crippen molar-refractivity contribution < 1.29 is 38.1 Å². The minimum Gasteiger partial charge on any atom is -0.465 e. The van der Waals surface area contributed by atoms with E-state index in [1.54, 1.807) is 0 Å². The minimum absolute atomic E-state index is 0.000199. The molecule has 0 aromatic heterocycles. The van der Waals surface area contributed by atoms with Crippen LogP contribution in [0.5, 0.6) is 0 Å². The highest BCUT2D eigenvalue weighted by Gasteiger charge is 2.20. The first-order valence-electron chi connectivity index (χ1n) is 24.0. The van der Waals surface area contributed by atoms with Gasteiger partial charge >= 0.3 is 17.9 Å². The second kappa shape index (κ2) is 42.0. The van der Waals surface area contributed by atoms with Crippen LogP contribution in [0.2, 0.25) is 0 Å². The van der Waals surface area contributed by atoms with E-state index < -0.39 is 12.2 Å². The second-order valence-electron chi connectivity index (χ2n) is 16.0. The van der Waals surface area contributed by atoms with Crippen LogP contribution in [0, 0.1) is 5.92 Å². The summed E-state index contributed by atoms with van der Waals surface area (Å²) in [6.07, 6.45) is 42.2. The van der Waals surface area contributed by atoms with Crippen LogP contribution >= 0.6 is 0 Å². The van der Waals surface area contributed by atoms with Gasteiger partial charge < -0.3 is 28.6 Å². The van der Waals surface area contributed by atoms with E-state index >= 15 is 0 Å². The van der Waals surface area contributed by atoms with Crippen LogP contribution in [0.1, 0.15) is 188 Å². The lowest BCUT2D eigenvalue weighted by atomic mass is 10.1. The summed E-state index contributed by atoms with van der Waals surface area (Å²) in [5.41, 5.74) is 0. The Morgan fingerprint density at radius 2 is 0.966 bits per heavy atom. The lowest BCUT2D eigenvalue weighted by molar-refractivity contribution is -0.162. The normalized spacial score (nSPS) is 14.2. The number of allylic oxidation sites excluding steroid dienone is 8. The monoisotopic (exact) mass is 830 g/mol. The molecule has 9 heteroatoms. The zero-order valence-corrected chi connectivity index (χ0v) is 38.0. The number of ether oxygens (including phenoxy) is 5. The molecule has 1 aliphatic heterocycles. The molecule has 340 valence electrons. The SMILES string of the molecule is CC/C=C\CCCCOC(CCC(=O)OCC(COC(=O)CCCCCCC/C=C\C/C=C\CCCCC)COC(=O)CCCN1CCCC1)OCCCC/C=C\CC. The first kappa shape index (κ1) is 54.3.